The number of imidazole rings is 1. The summed E-state index contributed by atoms with van der Waals surface area (Å²) < 4.78 is 17.8. The lowest BCUT2D eigenvalue weighted by Crippen LogP contribution is -2.08. The second-order valence-electron chi connectivity index (χ2n) is 6.64. The number of benzene rings is 2. The number of ether oxygens (including phenoxy) is 3. The maximum absolute atomic E-state index is 12.3. The number of amides is 1. The Hall–Kier alpha value is -3.29. The van der Waals surface area contributed by atoms with Gasteiger partial charge in [-0.3, -0.25) is 4.79 Å². The van der Waals surface area contributed by atoms with Crippen LogP contribution < -0.4 is 14.8 Å². The van der Waals surface area contributed by atoms with Crippen molar-refractivity contribution in [1.29, 1.82) is 0 Å². The van der Waals surface area contributed by atoms with Crippen molar-refractivity contribution in [3.63, 3.8) is 0 Å². The highest BCUT2D eigenvalue weighted by Gasteiger charge is 2.06. The second-order valence-corrected chi connectivity index (χ2v) is 7.07. The molecule has 7 nitrogen and oxygen atoms in total. The zero-order valence-electron chi connectivity index (χ0n) is 17.4. The summed E-state index contributed by atoms with van der Waals surface area (Å²) in [6, 6.07) is 13.0. The van der Waals surface area contributed by atoms with Gasteiger partial charge in [-0.05, 0) is 41.5 Å². The van der Waals surface area contributed by atoms with E-state index in [1.54, 1.807) is 45.0 Å². The summed E-state index contributed by atoms with van der Waals surface area (Å²) in [6.45, 7) is 1.48. The third-order valence-corrected chi connectivity index (χ3v) is 4.53. The van der Waals surface area contributed by atoms with E-state index in [1.165, 1.54) is 6.08 Å². The van der Waals surface area contributed by atoms with Gasteiger partial charge in [0.05, 0.1) is 20.0 Å². The normalized spacial score (nSPS) is 10.9. The quantitative estimate of drug-likeness (QED) is 0.375. The molecule has 0 radical (unpaired) electrons. The lowest BCUT2D eigenvalue weighted by Gasteiger charge is -2.11. The summed E-state index contributed by atoms with van der Waals surface area (Å²) in [5.41, 5.74) is 1.85. The Morgan fingerprint density at radius 1 is 1.16 bits per heavy atom. The minimum absolute atomic E-state index is 0.286. The van der Waals surface area contributed by atoms with Gasteiger partial charge >= 0.3 is 0 Å². The van der Waals surface area contributed by atoms with Gasteiger partial charge in [0, 0.05) is 31.0 Å². The predicted molar refractivity (Wildman–Crippen MR) is 121 cm³/mol. The molecule has 31 heavy (non-hydrogen) atoms. The Morgan fingerprint density at radius 2 is 2.03 bits per heavy atom. The van der Waals surface area contributed by atoms with Gasteiger partial charge in [-0.15, -0.1) is 0 Å². The molecular weight excluding hydrogens is 418 g/mol. The molecule has 0 saturated heterocycles. The molecule has 0 aliphatic rings. The van der Waals surface area contributed by atoms with Crippen molar-refractivity contribution in [2.75, 3.05) is 32.8 Å². The SMILES string of the molecule is COCCOc1cc(/C=C/C(=O)Nc2cn(Cc3cccc(Cl)c3)cn2)ccc1OC. The highest BCUT2D eigenvalue weighted by atomic mass is 35.5. The maximum atomic E-state index is 12.3. The van der Waals surface area contributed by atoms with Gasteiger partial charge in [0.1, 0.15) is 6.61 Å². The van der Waals surface area contributed by atoms with Crippen LogP contribution in [-0.4, -0.2) is 42.9 Å². The van der Waals surface area contributed by atoms with E-state index >= 15 is 0 Å². The van der Waals surface area contributed by atoms with Crippen LogP contribution >= 0.6 is 11.6 Å². The van der Waals surface area contributed by atoms with Crippen LogP contribution in [-0.2, 0) is 16.1 Å². The molecule has 0 aliphatic heterocycles. The number of methoxy groups -OCH3 is 2. The van der Waals surface area contributed by atoms with Crippen molar-refractivity contribution < 1.29 is 19.0 Å². The monoisotopic (exact) mass is 441 g/mol. The minimum Gasteiger partial charge on any atom is -0.493 e. The lowest BCUT2D eigenvalue weighted by atomic mass is 10.2. The third-order valence-electron chi connectivity index (χ3n) is 4.30. The van der Waals surface area contributed by atoms with Gasteiger partial charge in [-0.2, -0.15) is 0 Å². The second kappa shape index (κ2) is 11.2. The summed E-state index contributed by atoms with van der Waals surface area (Å²) >= 11 is 6.02. The fourth-order valence-electron chi connectivity index (χ4n) is 2.84. The van der Waals surface area contributed by atoms with Crippen molar-refractivity contribution in [3.8, 4) is 11.5 Å². The van der Waals surface area contributed by atoms with Crippen LogP contribution in [0.15, 0.2) is 61.1 Å². The molecule has 0 spiro atoms. The van der Waals surface area contributed by atoms with E-state index in [-0.39, 0.29) is 5.91 Å². The van der Waals surface area contributed by atoms with Crippen LogP contribution in [0.5, 0.6) is 11.5 Å². The molecule has 0 unspecified atom stereocenters. The highest BCUT2D eigenvalue weighted by molar-refractivity contribution is 6.30. The van der Waals surface area contributed by atoms with Crippen LogP contribution in [0, 0.1) is 0 Å². The first-order chi connectivity index (χ1) is 15.1. The summed E-state index contributed by atoms with van der Waals surface area (Å²) in [5, 5.41) is 3.44. The zero-order valence-corrected chi connectivity index (χ0v) is 18.1. The summed E-state index contributed by atoms with van der Waals surface area (Å²) in [4.78, 5) is 16.5. The van der Waals surface area contributed by atoms with E-state index in [9.17, 15) is 4.79 Å². The molecule has 0 saturated carbocycles. The van der Waals surface area contributed by atoms with E-state index < -0.39 is 0 Å². The average Bonchev–Trinajstić information content (AvgIpc) is 3.19. The molecule has 0 aliphatic carbocycles. The van der Waals surface area contributed by atoms with Crippen LogP contribution in [0.25, 0.3) is 6.08 Å². The van der Waals surface area contributed by atoms with Gasteiger partial charge in [0.2, 0.25) is 5.91 Å². The fraction of sp³-hybridized carbons (Fsp3) is 0.217. The van der Waals surface area contributed by atoms with Crippen molar-refractivity contribution in [1.82, 2.24) is 9.55 Å². The Morgan fingerprint density at radius 3 is 2.81 bits per heavy atom. The number of rotatable bonds is 10. The first-order valence-corrected chi connectivity index (χ1v) is 10.00. The topological polar surface area (TPSA) is 74.6 Å². The fourth-order valence-corrected chi connectivity index (χ4v) is 3.05. The third kappa shape index (κ3) is 6.87. The Kier molecular flexibility index (Phi) is 8.09. The highest BCUT2D eigenvalue weighted by Crippen LogP contribution is 2.28. The number of carbonyl (C=O) groups is 1. The number of hydrogen-bond acceptors (Lipinski definition) is 5. The number of halogens is 1. The number of nitrogens with zero attached hydrogens (tertiary/aromatic N) is 2. The molecule has 2 aromatic carbocycles. The largest absolute Gasteiger partial charge is 0.493 e. The summed E-state index contributed by atoms with van der Waals surface area (Å²) in [6.07, 6.45) is 6.56. The first-order valence-electron chi connectivity index (χ1n) is 9.62. The van der Waals surface area contributed by atoms with Gasteiger partial charge in [0.25, 0.3) is 0 Å². The standard InChI is InChI=1S/C23H24ClN3O4/c1-29-10-11-31-21-13-17(6-8-20(21)30-2)7-9-23(28)26-22-15-27(16-25-22)14-18-4-3-5-19(24)12-18/h3-9,12-13,15-16H,10-11,14H2,1-2H3,(H,26,28)/b9-7+. The number of hydrogen-bond donors (Lipinski definition) is 1. The lowest BCUT2D eigenvalue weighted by molar-refractivity contribution is -0.111. The maximum Gasteiger partial charge on any atom is 0.249 e. The Labute approximate surface area is 186 Å². The van der Waals surface area contributed by atoms with E-state index in [0.717, 1.165) is 11.1 Å². The van der Waals surface area contributed by atoms with Gasteiger partial charge in [-0.1, -0.05) is 29.8 Å². The van der Waals surface area contributed by atoms with Gasteiger partial charge in [0.15, 0.2) is 17.3 Å². The number of nitrogens with one attached hydrogen (secondary N) is 1. The van der Waals surface area contributed by atoms with E-state index in [4.69, 9.17) is 25.8 Å². The van der Waals surface area contributed by atoms with Crippen LogP contribution in [0.4, 0.5) is 5.82 Å². The molecule has 1 heterocycles. The van der Waals surface area contributed by atoms with E-state index in [0.29, 0.717) is 42.1 Å². The van der Waals surface area contributed by atoms with Crippen LogP contribution in [0.1, 0.15) is 11.1 Å². The number of anilines is 1. The Balaban J connectivity index is 1.59. The zero-order chi connectivity index (χ0) is 22.1. The molecule has 3 rings (SSSR count). The van der Waals surface area contributed by atoms with Crippen molar-refractivity contribution >= 4 is 29.4 Å². The van der Waals surface area contributed by atoms with E-state index in [2.05, 4.69) is 10.3 Å². The Bertz CT molecular complexity index is 1050. The first kappa shape index (κ1) is 22.4. The van der Waals surface area contributed by atoms with E-state index in [1.807, 2.05) is 34.9 Å². The molecule has 162 valence electrons. The van der Waals surface area contributed by atoms with Crippen molar-refractivity contribution in [2.45, 2.75) is 6.54 Å². The van der Waals surface area contributed by atoms with Gasteiger partial charge in [-0.25, -0.2) is 4.98 Å². The van der Waals surface area contributed by atoms with Crippen molar-refractivity contribution in [2.24, 2.45) is 0 Å². The smallest absolute Gasteiger partial charge is 0.249 e. The summed E-state index contributed by atoms with van der Waals surface area (Å²) in [7, 11) is 3.19. The van der Waals surface area contributed by atoms with Crippen molar-refractivity contribution in [3.05, 3.63) is 77.2 Å². The molecule has 1 amide bonds. The molecule has 8 heteroatoms. The number of aromatic nitrogens is 2. The molecular formula is C23H24ClN3O4. The molecule has 1 N–H and O–H groups in total. The molecule has 1 aromatic heterocycles. The van der Waals surface area contributed by atoms with Crippen LogP contribution in [0.2, 0.25) is 5.02 Å². The average molecular weight is 442 g/mol. The van der Waals surface area contributed by atoms with Gasteiger partial charge < -0.3 is 24.1 Å². The minimum atomic E-state index is -0.286. The molecule has 0 bridgehead atoms. The van der Waals surface area contributed by atoms with Crippen LogP contribution in [0.3, 0.4) is 0 Å². The molecule has 0 atom stereocenters. The molecule has 3 aromatic rings. The summed E-state index contributed by atoms with van der Waals surface area (Å²) in [5.74, 6) is 1.38. The molecule has 0 fully saturated rings. The predicted octanol–water partition coefficient (Wildman–Crippen LogP) is 4.27. The number of carbonyl (C=O) groups excluding carboxylic acids is 1.